The highest BCUT2D eigenvalue weighted by atomic mass is 15.2. The first-order chi connectivity index (χ1) is 17.7. The van der Waals surface area contributed by atoms with E-state index in [1.807, 2.05) is 49.1 Å². The Morgan fingerprint density at radius 3 is 2.03 bits per heavy atom. The van der Waals surface area contributed by atoms with Crippen LogP contribution in [0.5, 0.6) is 0 Å². The van der Waals surface area contributed by atoms with Crippen LogP contribution in [0.3, 0.4) is 0 Å². The van der Waals surface area contributed by atoms with E-state index in [4.69, 9.17) is 0 Å². The van der Waals surface area contributed by atoms with E-state index in [0.717, 1.165) is 74.8 Å². The highest BCUT2D eigenvalue weighted by molar-refractivity contribution is 5.55. The number of nitrogens with zero attached hydrogens (tertiary/aromatic N) is 6. The van der Waals surface area contributed by atoms with Gasteiger partial charge in [-0.3, -0.25) is 29.7 Å². The number of pyridine rings is 4. The molecule has 0 atom stereocenters. The first kappa shape index (κ1) is 25.6. The zero-order valence-electron chi connectivity index (χ0n) is 21.4. The van der Waals surface area contributed by atoms with Crippen molar-refractivity contribution in [3.63, 3.8) is 0 Å². The molecule has 6 heteroatoms. The lowest BCUT2D eigenvalue weighted by atomic mass is 10.1. The molecule has 0 saturated carbocycles. The van der Waals surface area contributed by atoms with Crippen LogP contribution in [0.1, 0.15) is 35.4 Å². The van der Waals surface area contributed by atoms with Crippen LogP contribution in [0.2, 0.25) is 0 Å². The first-order valence-corrected chi connectivity index (χ1v) is 12.7. The third-order valence-electron chi connectivity index (χ3n) is 6.26. The van der Waals surface area contributed by atoms with Gasteiger partial charge in [-0.1, -0.05) is 12.1 Å². The molecule has 0 fully saturated rings. The maximum atomic E-state index is 4.56. The summed E-state index contributed by atoms with van der Waals surface area (Å²) in [5, 5.41) is 0. The Kier molecular flexibility index (Phi) is 9.65. The van der Waals surface area contributed by atoms with E-state index < -0.39 is 0 Å². The fourth-order valence-electron chi connectivity index (χ4n) is 4.26. The van der Waals surface area contributed by atoms with Crippen LogP contribution in [0.4, 0.5) is 0 Å². The highest BCUT2D eigenvalue weighted by Crippen LogP contribution is 2.17. The van der Waals surface area contributed by atoms with E-state index in [2.05, 4.69) is 80.1 Å². The van der Waals surface area contributed by atoms with Gasteiger partial charge in [-0.15, -0.1) is 0 Å². The van der Waals surface area contributed by atoms with Crippen molar-refractivity contribution in [3.05, 3.63) is 108 Å². The van der Waals surface area contributed by atoms with Crippen LogP contribution in [-0.2, 0) is 19.5 Å². The number of aromatic nitrogens is 4. The van der Waals surface area contributed by atoms with Crippen molar-refractivity contribution < 1.29 is 0 Å². The minimum Gasteiger partial charge on any atom is -0.299 e. The summed E-state index contributed by atoms with van der Waals surface area (Å²) < 4.78 is 0. The zero-order valence-corrected chi connectivity index (χ0v) is 21.4. The number of likely N-dealkylation sites (N-methyl/N-ethyl adjacent to an activating group) is 1. The van der Waals surface area contributed by atoms with Gasteiger partial charge < -0.3 is 0 Å². The van der Waals surface area contributed by atoms with Crippen molar-refractivity contribution in [2.24, 2.45) is 0 Å². The van der Waals surface area contributed by atoms with Crippen molar-refractivity contribution in [3.8, 4) is 11.4 Å². The molecule has 0 aliphatic carbocycles. The van der Waals surface area contributed by atoms with Crippen LogP contribution >= 0.6 is 0 Å². The van der Waals surface area contributed by atoms with E-state index in [0.29, 0.717) is 0 Å². The van der Waals surface area contributed by atoms with Gasteiger partial charge in [0, 0.05) is 51.0 Å². The number of hydrogen-bond acceptors (Lipinski definition) is 6. The predicted octanol–water partition coefficient (Wildman–Crippen LogP) is 5.20. The summed E-state index contributed by atoms with van der Waals surface area (Å²) >= 11 is 0. The molecule has 36 heavy (non-hydrogen) atoms. The van der Waals surface area contributed by atoms with Gasteiger partial charge in [0.05, 0.1) is 22.8 Å². The van der Waals surface area contributed by atoms with E-state index in [1.165, 1.54) is 11.1 Å². The van der Waals surface area contributed by atoms with Gasteiger partial charge in [-0.25, -0.2) is 0 Å². The second-order valence-corrected chi connectivity index (χ2v) is 9.38. The summed E-state index contributed by atoms with van der Waals surface area (Å²) in [6.45, 7) is 6.85. The Morgan fingerprint density at radius 2 is 1.33 bits per heavy atom. The third-order valence-corrected chi connectivity index (χ3v) is 6.26. The van der Waals surface area contributed by atoms with Crippen molar-refractivity contribution >= 4 is 0 Å². The molecule has 0 aliphatic rings. The predicted molar refractivity (Wildman–Crippen MR) is 145 cm³/mol. The van der Waals surface area contributed by atoms with Crippen molar-refractivity contribution in [1.82, 2.24) is 29.7 Å². The van der Waals surface area contributed by atoms with Gasteiger partial charge in [0.1, 0.15) is 0 Å². The van der Waals surface area contributed by atoms with Crippen LogP contribution in [0.15, 0.2) is 85.5 Å². The normalized spacial score (nSPS) is 11.3. The number of rotatable bonds is 13. The molecule has 4 rings (SSSR count). The maximum absolute atomic E-state index is 4.56. The summed E-state index contributed by atoms with van der Waals surface area (Å²) in [5.41, 5.74) is 6.63. The molecule has 0 amide bonds. The number of hydrogen-bond donors (Lipinski definition) is 0. The molecule has 0 spiro atoms. The fourth-order valence-corrected chi connectivity index (χ4v) is 4.26. The minimum atomic E-state index is 0.860. The molecule has 0 saturated heterocycles. The van der Waals surface area contributed by atoms with Crippen LogP contribution in [-0.4, -0.2) is 56.4 Å². The van der Waals surface area contributed by atoms with Crippen LogP contribution in [0, 0.1) is 6.92 Å². The molecular weight excluding hydrogens is 444 g/mol. The smallest absolute Gasteiger partial charge is 0.0888 e. The average Bonchev–Trinajstić information content (AvgIpc) is 2.91. The molecule has 4 heterocycles. The molecule has 0 N–H and O–H groups in total. The topological polar surface area (TPSA) is 58.0 Å². The highest BCUT2D eigenvalue weighted by Gasteiger charge is 2.10. The summed E-state index contributed by atoms with van der Waals surface area (Å²) in [6, 6.07) is 20.7. The van der Waals surface area contributed by atoms with Gasteiger partial charge in [-0.2, -0.15) is 0 Å². The number of unbranched alkanes of at least 4 members (excludes halogenated alkanes) is 1. The van der Waals surface area contributed by atoms with Crippen molar-refractivity contribution in [1.29, 1.82) is 0 Å². The molecule has 4 aromatic rings. The second-order valence-electron chi connectivity index (χ2n) is 9.38. The van der Waals surface area contributed by atoms with Crippen LogP contribution < -0.4 is 0 Å². The lowest BCUT2D eigenvalue weighted by Crippen LogP contribution is -2.33. The Bertz CT molecular complexity index is 1180. The van der Waals surface area contributed by atoms with E-state index in [-0.39, 0.29) is 0 Å². The number of aryl methyl sites for hydroxylation is 2. The fraction of sp³-hybridized carbons (Fsp3) is 0.333. The molecule has 4 aromatic heterocycles. The van der Waals surface area contributed by atoms with Gasteiger partial charge >= 0.3 is 0 Å². The zero-order chi connectivity index (χ0) is 25.0. The Morgan fingerprint density at radius 1 is 0.639 bits per heavy atom. The molecule has 0 aromatic carbocycles. The molecule has 0 unspecified atom stereocenters. The molecule has 6 nitrogen and oxygen atoms in total. The first-order valence-electron chi connectivity index (χ1n) is 12.7. The molecule has 0 radical (unpaired) electrons. The van der Waals surface area contributed by atoms with Gasteiger partial charge in [0.2, 0.25) is 0 Å². The monoisotopic (exact) mass is 480 g/mol. The largest absolute Gasteiger partial charge is 0.299 e. The van der Waals surface area contributed by atoms with Gasteiger partial charge in [0.15, 0.2) is 0 Å². The lowest BCUT2D eigenvalue weighted by molar-refractivity contribution is 0.209. The van der Waals surface area contributed by atoms with Crippen LogP contribution in [0.25, 0.3) is 11.4 Å². The molecule has 0 aliphatic heterocycles. The van der Waals surface area contributed by atoms with Crippen molar-refractivity contribution in [2.75, 3.05) is 26.7 Å². The third kappa shape index (κ3) is 8.33. The quantitative estimate of drug-likeness (QED) is 0.245. The summed E-state index contributed by atoms with van der Waals surface area (Å²) in [4.78, 5) is 22.9. The van der Waals surface area contributed by atoms with Crippen molar-refractivity contribution in [2.45, 2.75) is 39.3 Å². The molecular formula is C30H36N6. The Labute approximate surface area is 215 Å². The Balaban J connectivity index is 1.29. The second kappa shape index (κ2) is 13.6. The standard InChI is InChI=1S/C30H36N6/c1-25-12-16-33-29(21-25)30-22-26(13-17-34-30)9-5-8-18-36(24-28-11-4-7-15-32-28)20-19-35(2)23-27-10-3-6-14-31-27/h3-4,6-7,10-17,21-22H,5,8-9,18-20,23-24H2,1-2H3. The summed E-state index contributed by atoms with van der Waals surface area (Å²) in [7, 11) is 2.16. The molecule has 0 bridgehead atoms. The van der Waals surface area contributed by atoms with E-state index in [9.17, 15) is 0 Å². The summed E-state index contributed by atoms with van der Waals surface area (Å²) in [6.07, 6.45) is 10.8. The SMILES string of the molecule is Cc1ccnc(-c2cc(CCCCN(CCN(C)Cc3ccccn3)Cc3ccccn3)ccn2)c1. The maximum Gasteiger partial charge on any atom is 0.0888 e. The van der Waals surface area contributed by atoms with Gasteiger partial charge in [0.25, 0.3) is 0 Å². The van der Waals surface area contributed by atoms with E-state index >= 15 is 0 Å². The average molecular weight is 481 g/mol. The Hall–Kier alpha value is -3.48. The minimum absolute atomic E-state index is 0.860. The lowest BCUT2D eigenvalue weighted by Gasteiger charge is -2.25. The van der Waals surface area contributed by atoms with E-state index in [1.54, 1.807) is 0 Å². The summed E-state index contributed by atoms with van der Waals surface area (Å²) in [5.74, 6) is 0. The molecule has 186 valence electrons. The van der Waals surface area contributed by atoms with Gasteiger partial charge in [-0.05, 0) is 99.4 Å².